The summed E-state index contributed by atoms with van der Waals surface area (Å²) in [5.74, 6) is 0.160. The molecule has 0 spiro atoms. The molecule has 0 unspecified atom stereocenters. The third-order valence-corrected chi connectivity index (χ3v) is 4.78. The van der Waals surface area contributed by atoms with E-state index in [4.69, 9.17) is 16.3 Å². The highest BCUT2D eigenvalue weighted by atomic mass is 35.5. The molecule has 0 saturated heterocycles. The van der Waals surface area contributed by atoms with Crippen molar-refractivity contribution in [2.75, 3.05) is 13.7 Å². The van der Waals surface area contributed by atoms with Gasteiger partial charge in [0.15, 0.2) is 0 Å². The molecule has 0 aromatic heterocycles. The van der Waals surface area contributed by atoms with Crippen molar-refractivity contribution in [1.82, 2.24) is 4.72 Å². The van der Waals surface area contributed by atoms with Gasteiger partial charge in [0, 0.05) is 11.6 Å². The van der Waals surface area contributed by atoms with Crippen molar-refractivity contribution < 1.29 is 17.5 Å². The van der Waals surface area contributed by atoms with Crippen molar-refractivity contribution in [2.24, 2.45) is 0 Å². The van der Waals surface area contributed by atoms with E-state index in [1.54, 1.807) is 12.1 Å². The summed E-state index contributed by atoms with van der Waals surface area (Å²) in [5, 5.41) is 0.411. The Morgan fingerprint density at radius 3 is 2.50 bits per heavy atom. The van der Waals surface area contributed by atoms with Gasteiger partial charge in [0.2, 0.25) is 10.0 Å². The Hall–Kier alpha value is -1.63. The molecule has 2 aromatic rings. The van der Waals surface area contributed by atoms with Crippen LogP contribution in [-0.4, -0.2) is 22.1 Å². The molecule has 0 atom stereocenters. The van der Waals surface area contributed by atoms with Crippen molar-refractivity contribution in [3.8, 4) is 5.75 Å². The second-order valence-corrected chi connectivity index (χ2v) is 6.76. The van der Waals surface area contributed by atoms with Gasteiger partial charge >= 0.3 is 0 Å². The predicted octanol–water partition coefficient (Wildman–Crippen LogP) is 3.01. The van der Waals surface area contributed by atoms with Gasteiger partial charge in [-0.25, -0.2) is 17.5 Å². The molecule has 0 amide bonds. The van der Waals surface area contributed by atoms with Crippen molar-refractivity contribution in [1.29, 1.82) is 0 Å². The highest BCUT2D eigenvalue weighted by molar-refractivity contribution is 7.89. The second-order valence-electron chi connectivity index (χ2n) is 4.56. The number of ether oxygens (including phenoxy) is 1. The Kier molecular flexibility index (Phi) is 5.39. The zero-order valence-corrected chi connectivity index (χ0v) is 13.4. The van der Waals surface area contributed by atoms with Gasteiger partial charge in [-0.2, -0.15) is 0 Å². The summed E-state index contributed by atoms with van der Waals surface area (Å²) < 4.78 is 45.2. The largest absolute Gasteiger partial charge is 0.497 e. The third-order valence-electron chi connectivity index (χ3n) is 3.06. The molecule has 118 valence electrons. The van der Waals surface area contributed by atoms with Gasteiger partial charge in [0.25, 0.3) is 0 Å². The van der Waals surface area contributed by atoms with E-state index in [0.29, 0.717) is 16.3 Å². The minimum atomic E-state index is -3.64. The predicted molar refractivity (Wildman–Crippen MR) is 83.3 cm³/mol. The molecule has 0 aliphatic rings. The van der Waals surface area contributed by atoms with Crippen LogP contribution in [-0.2, 0) is 16.4 Å². The minimum absolute atomic E-state index is 0.0750. The Bertz CT molecular complexity index is 748. The summed E-state index contributed by atoms with van der Waals surface area (Å²) in [5.41, 5.74) is 0.366. The van der Waals surface area contributed by atoms with Gasteiger partial charge in [0.1, 0.15) is 11.6 Å². The maximum Gasteiger partial charge on any atom is 0.240 e. The third kappa shape index (κ3) is 4.19. The van der Waals surface area contributed by atoms with E-state index >= 15 is 0 Å². The summed E-state index contributed by atoms with van der Waals surface area (Å²) in [7, 11) is -2.14. The van der Waals surface area contributed by atoms with Crippen molar-refractivity contribution in [3.05, 3.63) is 58.9 Å². The SMILES string of the molecule is COc1ccc(S(=O)(=O)NCCc2cc(Cl)ccc2F)cc1. The maximum absolute atomic E-state index is 13.5. The second kappa shape index (κ2) is 7.09. The normalized spacial score (nSPS) is 11.4. The molecular formula is C15H15ClFNO3S. The Morgan fingerprint density at radius 1 is 1.18 bits per heavy atom. The number of hydrogen-bond donors (Lipinski definition) is 1. The van der Waals surface area contributed by atoms with Gasteiger partial charge in [-0.3, -0.25) is 0 Å². The summed E-state index contributed by atoms with van der Waals surface area (Å²) >= 11 is 5.79. The Morgan fingerprint density at radius 2 is 1.86 bits per heavy atom. The lowest BCUT2D eigenvalue weighted by Crippen LogP contribution is -2.26. The number of halogens is 2. The number of hydrogen-bond acceptors (Lipinski definition) is 3. The molecule has 0 bridgehead atoms. The highest BCUT2D eigenvalue weighted by Gasteiger charge is 2.14. The van der Waals surface area contributed by atoms with E-state index in [9.17, 15) is 12.8 Å². The van der Waals surface area contributed by atoms with Crippen LogP contribution in [0, 0.1) is 5.82 Å². The van der Waals surface area contributed by atoms with Crippen LogP contribution in [0.25, 0.3) is 0 Å². The quantitative estimate of drug-likeness (QED) is 0.877. The summed E-state index contributed by atoms with van der Waals surface area (Å²) in [4.78, 5) is 0.125. The van der Waals surface area contributed by atoms with Crippen molar-refractivity contribution in [2.45, 2.75) is 11.3 Å². The fraction of sp³-hybridized carbons (Fsp3) is 0.200. The van der Waals surface area contributed by atoms with Crippen LogP contribution in [0.4, 0.5) is 4.39 Å². The highest BCUT2D eigenvalue weighted by Crippen LogP contribution is 2.17. The van der Waals surface area contributed by atoms with E-state index < -0.39 is 15.8 Å². The average molecular weight is 344 g/mol. The minimum Gasteiger partial charge on any atom is -0.497 e. The molecule has 0 aliphatic heterocycles. The molecule has 0 fully saturated rings. The molecule has 0 radical (unpaired) electrons. The van der Waals surface area contributed by atoms with Crippen LogP contribution in [0.5, 0.6) is 5.75 Å². The molecule has 0 heterocycles. The van der Waals surface area contributed by atoms with Crippen molar-refractivity contribution >= 4 is 21.6 Å². The van der Waals surface area contributed by atoms with Gasteiger partial charge in [-0.15, -0.1) is 0 Å². The summed E-state index contributed by atoms with van der Waals surface area (Å²) in [6.45, 7) is 0.0750. The first kappa shape index (κ1) is 16.7. The monoisotopic (exact) mass is 343 g/mol. The number of rotatable bonds is 6. The van der Waals surface area contributed by atoms with E-state index in [1.807, 2.05) is 0 Å². The lowest BCUT2D eigenvalue weighted by atomic mass is 10.1. The first-order valence-electron chi connectivity index (χ1n) is 6.50. The molecule has 4 nitrogen and oxygen atoms in total. The molecule has 0 saturated carbocycles. The summed E-state index contributed by atoms with van der Waals surface area (Å²) in [6, 6.07) is 10.2. The maximum atomic E-state index is 13.5. The smallest absolute Gasteiger partial charge is 0.240 e. The van der Waals surface area contributed by atoms with Gasteiger partial charge in [-0.05, 0) is 54.4 Å². The van der Waals surface area contributed by atoms with Crippen LogP contribution < -0.4 is 9.46 Å². The van der Waals surface area contributed by atoms with E-state index in [2.05, 4.69) is 4.72 Å². The van der Waals surface area contributed by atoms with E-state index in [0.717, 1.165) is 0 Å². The number of benzene rings is 2. The Labute approximate surface area is 133 Å². The first-order valence-corrected chi connectivity index (χ1v) is 8.36. The molecule has 7 heteroatoms. The number of methoxy groups -OCH3 is 1. The molecule has 0 aliphatic carbocycles. The zero-order chi connectivity index (χ0) is 16.2. The van der Waals surface area contributed by atoms with Crippen LogP contribution in [0.1, 0.15) is 5.56 Å². The van der Waals surface area contributed by atoms with Gasteiger partial charge in [-0.1, -0.05) is 11.6 Å². The number of nitrogens with one attached hydrogen (secondary N) is 1. The van der Waals surface area contributed by atoms with Gasteiger partial charge in [0.05, 0.1) is 12.0 Å². The molecule has 2 rings (SSSR count). The van der Waals surface area contributed by atoms with Crippen molar-refractivity contribution in [3.63, 3.8) is 0 Å². The zero-order valence-electron chi connectivity index (χ0n) is 11.8. The Balaban J connectivity index is 2.01. The topological polar surface area (TPSA) is 55.4 Å². The number of sulfonamides is 1. The first-order chi connectivity index (χ1) is 10.4. The van der Waals surface area contributed by atoms with Gasteiger partial charge < -0.3 is 4.74 Å². The lowest BCUT2D eigenvalue weighted by molar-refractivity contribution is 0.414. The van der Waals surface area contributed by atoms with Crippen LogP contribution in [0.2, 0.25) is 5.02 Å². The fourth-order valence-corrected chi connectivity index (χ4v) is 3.12. The fourth-order valence-electron chi connectivity index (χ4n) is 1.89. The molecule has 1 N–H and O–H groups in total. The molecule has 2 aromatic carbocycles. The van der Waals surface area contributed by atoms with Crippen LogP contribution in [0.3, 0.4) is 0 Å². The van der Waals surface area contributed by atoms with E-state index in [-0.39, 0.29) is 17.9 Å². The average Bonchev–Trinajstić information content (AvgIpc) is 2.50. The van der Waals surface area contributed by atoms with Crippen LogP contribution in [0.15, 0.2) is 47.4 Å². The summed E-state index contributed by atoms with van der Waals surface area (Å²) in [6.07, 6.45) is 0.210. The molecular weight excluding hydrogens is 329 g/mol. The standard InChI is InChI=1S/C15H15ClFNO3S/c1-21-13-3-5-14(6-4-13)22(19,20)18-9-8-11-10-12(16)2-7-15(11)17/h2-7,10,18H,8-9H2,1H3. The lowest BCUT2D eigenvalue weighted by Gasteiger charge is -2.08. The van der Waals surface area contributed by atoms with Crippen LogP contribution >= 0.6 is 11.6 Å². The molecule has 22 heavy (non-hydrogen) atoms. The van der Waals surface area contributed by atoms with E-state index in [1.165, 1.54) is 37.4 Å².